The van der Waals surface area contributed by atoms with Gasteiger partial charge in [-0.3, -0.25) is 4.84 Å². The fraction of sp³-hybridized carbons (Fsp3) is 0.286. The molecule has 2 rings (SSSR count). The van der Waals surface area contributed by atoms with Crippen LogP contribution in [0, 0.1) is 5.92 Å². The molecule has 0 aromatic heterocycles. The van der Waals surface area contributed by atoms with E-state index in [1.807, 2.05) is 38.1 Å². The summed E-state index contributed by atoms with van der Waals surface area (Å²) < 4.78 is 24.4. The Hall–Kier alpha value is -1.43. The number of hydrogen-bond acceptors (Lipinski definition) is 3. The molecule has 0 unspecified atom stereocenters. The maximum Gasteiger partial charge on any atom is 0.263 e. The number of hydrogen-bond donors (Lipinski definition) is 1. The van der Waals surface area contributed by atoms with E-state index in [-0.39, 0.29) is 10.8 Å². The Morgan fingerprint density at radius 2 is 1.79 bits per heavy atom. The SMILES string of the molecule is CC(C)CONS(=O)(=O)c1cccc2ccccc12. The highest BCUT2D eigenvalue weighted by Gasteiger charge is 2.17. The van der Waals surface area contributed by atoms with Gasteiger partial charge in [0.1, 0.15) is 0 Å². The molecule has 2 aromatic rings. The van der Waals surface area contributed by atoms with Crippen LogP contribution in [0.2, 0.25) is 0 Å². The van der Waals surface area contributed by atoms with E-state index in [1.165, 1.54) is 0 Å². The second kappa shape index (κ2) is 5.69. The van der Waals surface area contributed by atoms with Gasteiger partial charge in [-0.1, -0.05) is 55.1 Å². The summed E-state index contributed by atoms with van der Waals surface area (Å²) in [6, 6.07) is 12.5. The number of rotatable bonds is 5. The molecule has 0 spiro atoms. The molecule has 0 saturated heterocycles. The molecule has 0 aliphatic rings. The highest BCUT2D eigenvalue weighted by atomic mass is 32.2. The van der Waals surface area contributed by atoms with Crippen molar-refractivity contribution in [1.82, 2.24) is 4.89 Å². The summed E-state index contributed by atoms with van der Waals surface area (Å²) in [5.41, 5.74) is 0. The van der Waals surface area contributed by atoms with Crippen molar-refractivity contribution >= 4 is 20.8 Å². The minimum Gasteiger partial charge on any atom is -0.287 e. The van der Waals surface area contributed by atoms with Gasteiger partial charge in [0.05, 0.1) is 11.5 Å². The van der Waals surface area contributed by atoms with Gasteiger partial charge in [0.25, 0.3) is 10.0 Å². The minimum atomic E-state index is -3.65. The van der Waals surface area contributed by atoms with Crippen molar-refractivity contribution in [2.24, 2.45) is 5.92 Å². The molecule has 19 heavy (non-hydrogen) atoms. The lowest BCUT2D eigenvalue weighted by atomic mass is 10.1. The van der Waals surface area contributed by atoms with Crippen LogP contribution in [0.3, 0.4) is 0 Å². The van der Waals surface area contributed by atoms with Crippen LogP contribution in [-0.4, -0.2) is 15.0 Å². The molecular weight excluding hydrogens is 262 g/mol. The van der Waals surface area contributed by atoms with E-state index in [1.54, 1.807) is 18.2 Å². The zero-order valence-corrected chi connectivity index (χ0v) is 11.8. The van der Waals surface area contributed by atoms with E-state index in [4.69, 9.17) is 4.84 Å². The lowest BCUT2D eigenvalue weighted by Gasteiger charge is -2.10. The maximum absolute atomic E-state index is 12.2. The Morgan fingerprint density at radius 3 is 2.53 bits per heavy atom. The summed E-state index contributed by atoms with van der Waals surface area (Å²) in [4.78, 5) is 7.43. The Bertz CT molecular complexity index is 660. The van der Waals surface area contributed by atoms with Crippen LogP contribution < -0.4 is 4.89 Å². The molecule has 5 heteroatoms. The van der Waals surface area contributed by atoms with Gasteiger partial charge in [0.2, 0.25) is 0 Å². The number of benzene rings is 2. The zero-order chi connectivity index (χ0) is 13.9. The first-order chi connectivity index (χ1) is 9.00. The predicted molar refractivity (Wildman–Crippen MR) is 75.1 cm³/mol. The Labute approximate surface area is 113 Å². The highest BCUT2D eigenvalue weighted by Crippen LogP contribution is 2.22. The van der Waals surface area contributed by atoms with Crippen molar-refractivity contribution in [1.29, 1.82) is 0 Å². The monoisotopic (exact) mass is 279 g/mol. The van der Waals surface area contributed by atoms with Crippen LogP contribution in [0.4, 0.5) is 0 Å². The van der Waals surface area contributed by atoms with Gasteiger partial charge in [-0.2, -0.15) is 0 Å². The van der Waals surface area contributed by atoms with Gasteiger partial charge in [-0.05, 0) is 17.4 Å². The summed E-state index contributed by atoms with van der Waals surface area (Å²) in [6.45, 7) is 4.24. The molecule has 1 N–H and O–H groups in total. The van der Waals surface area contributed by atoms with Crippen LogP contribution >= 0.6 is 0 Å². The van der Waals surface area contributed by atoms with Crippen LogP contribution in [0.15, 0.2) is 47.4 Å². The average Bonchev–Trinajstić information content (AvgIpc) is 2.37. The third-order valence-corrected chi connectivity index (χ3v) is 3.90. The third kappa shape index (κ3) is 3.32. The summed E-state index contributed by atoms with van der Waals surface area (Å²) in [6.07, 6.45) is 0. The summed E-state index contributed by atoms with van der Waals surface area (Å²) >= 11 is 0. The number of nitrogens with one attached hydrogen (secondary N) is 1. The Morgan fingerprint density at radius 1 is 1.11 bits per heavy atom. The largest absolute Gasteiger partial charge is 0.287 e. The average molecular weight is 279 g/mol. The molecule has 0 atom stereocenters. The highest BCUT2D eigenvalue weighted by molar-refractivity contribution is 7.89. The van der Waals surface area contributed by atoms with Gasteiger partial charge in [0.15, 0.2) is 0 Å². The van der Waals surface area contributed by atoms with Gasteiger partial charge in [-0.15, -0.1) is 0 Å². The molecule has 4 nitrogen and oxygen atoms in total. The van der Waals surface area contributed by atoms with Crippen molar-refractivity contribution in [3.63, 3.8) is 0 Å². The Balaban J connectivity index is 2.33. The van der Waals surface area contributed by atoms with Crippen LogP contribution in [0.25, 0.3) is 10.8 Å². The van der Waals surface area contributed by atoms with E-state index in [9.17, 15) is 8.42 Å². The summed E-state index contributed by atoms with van der Waals surface area (Å²) in [5.74, 6) is 0.259. The molecule has 0 aliphatic carbocycles. The lowest BCUT2D eigenvalue weighted by Crippen LogP contribution is -2.26. The fourth-order valence-corrected chi connectivity index (χ4v) is 2.80. The first-order valence-electron chi connectivity index (χ1n) is 6.12. The second-order valence-electron chi connectivity index (χ2n) is 4.77. The molecule has 0 amide bonds. The zero-order valence-electron chi connectivity index (χ0n) is 11.0. The first kappa shape index (κ1) is 14.0. The topological polar surface area (TPSA) is 55.4 Å². The molecule has 0 fully saturated rings. The molecule has 102 valence electrons. The molecular formula is C14H17NO3S. The van der Waals surface area contributed by atoms with Crippen molar-refractivity contribution in [2.75, 3.05) is 6.61 Å². The summed E-state index contributed by atoms with van der Waals surface area (Å²) in [7, 11) is -3.65. The molecule has 0 bridgehead atoms. The molecule has 0 aliphatic heterocycles. The number of fused-ring (bicyclic) bond motifs is 1. The number of sulfonamides is 1. The van der Waals surface area contributed by atoms with Crippen molar-refractivity contribution in [2.45, 2.75) is 18.7 Å². The molecule has 0 saturated carbocycles. The minimum absolute atomic E-state index is 0.231. The quantitative estimate of drug-likeness (QED) is 0.856. The maximum atomic E-state index is 12.2. The van der Waals surface area contributed by atoms with E-state index < -0.39 is 10.0 Å². The van der Waals surface area contributed by atoms with Crippen LogP contribution in [0.1, 0.15) is 13.8 Å². The van der Waals surface area contributed by atoms with E-state index in [0.717, 1.165) is 5.39 Å². The molecule has 2 aromatic carbocycles. The van der Waals surface area contributed by atoms with Gasteiger partial charge in [-0.25, -0.2) is 8.42 Å². The second-order valence-corrected chi connectivity index (χ2v) is 6.38. The predicted octanol–water partition coefficient (Wildman–Crippen LogP) is 2.71. The van der Waals surface area contributed by atoms with Crippen LogP contribution in [-0.2, 0) is 14.9 Å². The van der Waals surface area contributed by atoms with Gasteiger partial charge >= 0.3 is 0 Å². The summed E-state index contributed by atoms with van der Waals surface area (Å²) in [5, 5.41) is 1.57. The van der Waals surface area contributed by atoms with Crippen LogP contribution in [0.5, 0.6) is 0 Å². The third-order valence-electron chi connectivity index (χ3n) is 2.62. The smallest absolute Gasteiger partial charge is 0.263 e. The van der Waals surface area contributed by atoms with Crippen molar-refractivity contribution in [3.8, 4) is 0 Å². The fourth-order valence-electron chi connectivity index (χ4n) is 1.75. The normalized spacial score (nSPS) is 12.2. The standard InChI is InChI=1S/C14H17NO3S/c1-11(2)10-18-15-19(16,17)14-9-5-7-12-6-3-4-8-13(12)14/h3-9,11,15H,10H2,1-2H3. The lowest BCUT2D eigenvalue weighted by molar-refractivity contribution is 0.0719. The molecule has 0 heterocycles. The Kier molecular flexibility index (Phi) is 4.19. The van der Waals surface area contributed by atoms with E-state index >= 15 is 0 Å². The van der Waals surface area contributed by atoms with Crippen molar-refractivity contribution in [3.05, 3.63) is 42.5 Å². The van der Waals surface area contributed by atoms with Gasteiger partial charge in [0, 0.05) is 5.39 Å². The van der Waals surface area contributed by atoms with Gasteiger partial charge < -0.3 is 0 Å². The first-order valence-corrected chi connectivity index (χ1v) is 7.60. The van der Waals surface area contributed by atoms with E-state index in [2.05, 4.69) is 4.89 Å². The molecule has 0 radical (unpaired) electrons. The van der Waals surface area contributed by atoms with Crippen molar-refractivity contribution < 1.29 is 13.3 Å². The van der Waals surface area contributed by atoms with E-state index in [0.29, 0.717) is 12.0 Å².